The maximum absolute atomic E-state index is 12.6. The minimum atomic E-state index is -0.0593. The van der Waals surface area contributed by atoms with E-state index in [1.54, 1.807) is 16.0 Å². The smallest absolute Gasteiger partial charge is 0.265 e. The quantitative estimate of drug-likeness (QED) is 0.796. The van der Waals surface area contributed by atoms with E-state index in [2.05, 4.69) is 33.8 Å². The molecule has 0 saturated carbocycles. The minimum Gasteiger partial charge on any atom is -0.321 e. The Balaban J connectivity index is 1.53. The number of aryl methyl sites for hydroxylation is 1. The van der Waals surface area contributed by atoms with Gasteiger partial charge in [0.15, 0.2) is 0 Å². The fraction of sp³-hybridized carbons (Fsp3) is 0.294. The van der Waals surface area contributed by atoms with Crippen molar-refractivity contribution in [3.63, 3.8) is 0 Å². The molecule has 3 aromatic rings. The third-order valence-electron chi connectivity index (χ3n) is 4.27. The van der Waals surface area contributed by atoms with E-state index in [9.17, 15) is 4.79 Å². The molecule has 0 unspecified atom stereocenters. The summed E-state index contributed by atoms with van der Waals surface area (Å²) in [6.07, 6.45) is 4.90. The molecule has 1 aliphatic carbocycles. The average molecular weight is 339 g/mol. The highest BCUT2D eigenvalue weighted by Crippen LogP contribution is 2.32. The van der Waals surface area contributed by atoms with Crippen molar-refractivity contribution in [2.45, 2.75) is 26.2 Å². The summed E-state index contributed by atoms with van der Waals surface area (Å²) in [5, 5.41) is 14.1. The third-order valence-corrected chi connectivity index (χ3v) is 5.51. The van der Waals surface area contributed by atoms with E-state index in [0.29, 0.717) is 5.92 Å². The Morgan fingerprint density at radius 3 is 3.12 bits per heavy atom. The second-order valence-electron chi connectivity index (χ2n) is 6.17. The van der Waals surface area contributed by atoms with Crippen molar-refractivity contribution in [2.24, 2.45) is 5.92 Å². The molecular weight excluding hydrogens is 322 g/mol. The van der Waals surface area contributed by atoms with Crippen molar-refractivity contribution in [3.05, 3.63) is 52.0 Å². The number of aromatic nitrogens is 4. The van der Waals surface area contributed by atoms with E-state index >= 15 is 0 Å². The van der Waals surface area contributed by atoms with E-state index in [1.165, 1.54) is 23.2 Å². The van der Waals surface area contributed by atoms with Gasteiger partial charge in [-0.3, -0.25) is 4.79 Å². The summed E-state index contributed by atoms with van der Waals surface area (Å²) in [4.78, 5) is 14.7. The number of nitrogens with zero attached hydrogens (tertiary/aromatic N) is 4. The van der Waals surface area contributed by atoms with Crippen LogP contribution < -0.4 is 5.32 Å². The molecule has 1 aliphatic rings. The minimum absolute atomic E-state index is 0.0593. The van der Waals surface area contributed by atoms with E-state index in [4.69, 9.17) is 0 Å². The van der Waals surface area contributed by atoms with E-state index in [0.717, 1.165) is 29.1 Å². The van der Waals surface area contributed by atoms with Crippen molar-refractivity contribution >= 4 is 22.9 Å². The molecule has 0 saturated heterocycles. The molecule has 1 N–H and O–H groups in total. The number of rotatable bonds is 3. The Bertz CT molecular complexity index is 871. The summed E-state index contributed by atoms with van der Waals surface area (Å²) in [7, 11) is 0. The fourth-order valence-electron chi connectivity index (χ4n) is 3.02. The average Bonchev–Trinajstić information content (AvgIpc) is 3.24. The molecule has 0 radical (unpaired) electrons. The number of anilines is 1. The van der Waals surface area contributed by atoms with Crippen molar-refractivity contribution in [2.75, 3.05) is 5.32 Å². The van der Waals surface area contributed by atoms with Gasteiger partial charge in [0.05, 0.1) is 10.6 Å². The monoisotopic (exact) mass is 339 g/mol. The van der Waals surface area contributed by atoms with E-state index in [-0.39, 0.29) is 5.91 Å². The van der Waals surface area contributed by atoms with Gasteiger partial charge in [0, 0.05) is 10.6 Å². The number of hydrogen-bond acceptors (Lipinski definition) is 5. The number of benzene rings is 1. The van der Waals surface area contributed by atoms with Gasteiger partial charge in [-0.2, -0.15) is 0 Å². The second kappa shape index (κ2) is 6.16. The van der Waals surface area contributed by atoms with Gasteiger partial charge in [0.2, 0.25) is 0 Å². The zero-order valence-electron chi connectivity index (χ0n) is 13.3. The molecule has 1 atom stereocenters. The number of thiophene rings is 1. The van der Waals surface area contributed by atoms with E-state index in [1.807, 2.05) is 24.3 Å². The highest BCUT2D eigenvalue weighted by atomic mass is 32.1. The highest BCUT2D eigenvalue weighted by Gasteiger charge is 2.20. The van der Waals surface area contributed by atoms with Crippen LogP contribution in [0, 0.1) is 5.92 Å². The molecule has 0 spiro atoms. The van der Waals surface area contributed by atoms with Gasteiger partial charge in [-0.1, -0.05) is 13.0 Å². The summed E-state index contributed by atoms with van der Waals surface area (Å²) in [6.45, 7) is 2.27. The van der Waals surface area contributed by atoms with Crippen LogP contribution in [0.2, 0.25) is 0 Å². The lowest BCUT2D eigenvalue weighted by Gasteiger charge is -2.16. The van der Waals surface area contributed by atoms with Gasteiger partial charge in [0.25, 0.3) is 5.91 Å². The molecule has 4 rings (SSSR count). The van der Waals surface area contributed by atoms with Crippen LogP contribution in [0.1, 0.15) is 33.5 Å². The number of tetrazole rings is 1. The number of amides is 1. The van der Waals surface area contributed by atoms with Crippen LogP contribution in [0.4, 0.5) is 5.69 Å². The lowest BCUT2D eigenvalue weighted by Crippen LogP contribution is -2.10. The first-order chi connectivity index (χ1) is 11.7. The highest BCUT2D eigenvalue weighted by molar-refractivity contribution is 7.14. The van der Waals surface area contributed by atoms with Gasteiger partial charge in [-0.05, 0) is 65.4 Å². The van der Waals surface area contributed by atoms with Crippen molar-refractivity contribution in [1.82, 2.24) is 20.2 Å². The van der Waals surface area contributed by atoms with Crippen LogP contribution in [0.3, 0.4) is 0 Å². The predicted molar refractivity (Wildman–Crippen MR) is 92.6 cm³/mol. The number of carbonyl (C=O) groups is 1. The van der Waals surface area contributed by atoms with Crippen LogP contribution in [0.5, 0.6) is 0 Å². The molecule has 122 valence electrons. The number of hydrogen-bond donors (Lipinski definition) is 1. The van der Waals surface area contributed by atoms with Crippen LogP contribution in [0.15, 0.2) is 36.7 Å². The molecular formula is C17H17N5OS. The topological polar surface area (TPSA) is 72.7 Å². The van der Waals surface area contributed by atoms with Crippen molar-refractivity contribution in [3.8, 4) is 5.69 Å². The Hall–Kier alpha value is -2.54. The number of carbonyl (C=O) groups excluding carboxylic acids is 1. The van der Waals surface area contributed by atoms with E-state index < -0.39 is 0 Å². The lowest BCUT2D eigenvalue weighted by molar-refractivity contribution is 0.103. The molecule has 6 nitrogen and oxygen atoms in total. The fourth-order valence-corrected chi connectivity index (χ4v) is 4.12. The van der Waals surface area contributed by atoms with Gasteiger partial charge >= 0.3 is 0 Å². The second-order valence-corrected chi connectivity index (χ2v) is 7.30. The third kappa shape index (κ3) is 2.94. The normalized spacial score (nSPS) is 16.6. The Morgan fingerprint density at radius 1 is 1.38 bits per heavy atom. The molecule has 0 fully saturated rings. The van der Waals surface area contributed by atoms with Gasteiger partial charge in [-0.25, -0.2) is 4.68 Å². The first kappa shape index (κ1) is 15.0. The lowest BCUT2D eigenvalue weighted by atomic mass is 9.90. The summed E-state index contributed by atoms with van der Waals surface area (Å²) in [5.74, 6) is 0.645. The maximum Gasteiger partial charge on any atom is 0.265 e. The molecule has 1 amide bonds. The largest absolute Gasteiger partial charge is 0.321 e. The SMILES string of the molecule is C[C@@H]1CCc2sc(C(=O)Nc3cccc(-n4cnnn4)c3)cc2C1. The summed E-state index contributed by atoms with van der Waals surface area (Å²) in [5.41, 5.74) is 2.87. The number of fused-ring (bicyclic) bond motifs is 1. The Labute approximate surface area is 143 Å². The van der Waals surface area contributed by atoms with Crippen LogP contribution in [0.25, 0.3) is 5.69 Å². The zero-order valence-corrected chi connectivity index (χ0v) is 14.1. The zero-order chi connectivity index (χ0) is 16.5. The molecule has 0 bridgehead atoms. The van der Waals surface area contributed by atoms with Crippen LogP contribution in [-0.4, -0.2) is 26.1 Å². The molecule has 1 aromatic carbocycles. The maximum atomic E-state index is 12.6. The molecule has 24 heavy (non-hydrogen) atoms. The van der Waals surface area contributed by atoms with Crippen molar-refractivity contribution in [1.29, 1.82) is 0 Å². The Morgan fingerprint density at radius 2 is 2.29 bits per heavy atom. The van der Waals surface area contributed by atoms with Crippen LogP contribution >= 0.6 is 11.3 Å². The summed E-state index contributed by atoms with van der Waals surface area (Å²) in [6, 6.07) is 9.52. The van der Waals surface area contributed by atoms with Crippen LogP contribution in [-0.2, 0) is 12.8 Å². The van der Waals surface area contributed by atoms with Crippen molar-refractivity contribution < 1.29 is 4.79 Å². The summed E-state index contributed by atoms with van der Waals surface area (Å²) >= 11 is 1.62. The molecule has 7 heteroatoms. The Kier molecular flexibility index (Phi) is 3.86. The first-order valence-corrected chi connectivity index (χ1v) is 8.77. The van der Waals surface area contributed by atoms with Gasteiger partial charge < -0.3 is 5.32 Å². The predicted octanol–water partition coefficient (Wildman–Crippen LogP) is 3.10. The molecule has 2 heterocycles. The van der Waals surface area contributed by atoms with Gasteiger partial charge in [0.1, 0.15) is 6.33 Å². The molecule has 2 aromatic heterocycles. The van der Waals surface area contributed by atoms with Gasteiger partial charge in [-0.15, -0.1) is 16.4 Å². The molecule has 0 aliphatic heterocycles. The standard InChI is InChI=1S/C17H17N5OS/c1-11-5-6-15-12(7-11)8-16(24-15)17(23)19-13-3-2-4-14(9-13)22-10-18-20-21-22/h2-4,8-11H,5-7H2,1H3,(H,19,23)/t11-/m1/s1. The summed E-state index contributed by atoms with van der Waals surface area (Å²) < 4.78 is 1.56. The number of nitrogens with one attached hydrogen (secondary N) is 1. The first-order valence-electron chi connectivity index (χ1n) is 7.95.